The third-order valence-corrected chi connectivity index (χ3v) is 11.2. The lowest BCUT2D eigenvalue weighted by Gasteiger charge is -2.68. The minimum Gasteiger partial charge on any atom is -0.386 e. The molecule has 0 aliphatic carbocycles. The number of anilines is 1. The number of carbonyl (C=O) groups excluding carboxylic acids is 1. The molecule has 178 valence electrons. The van der Waals surface area contributed by atoms with E-state index in [0.717, 1.165) is 0 Å². The highest BCUT2D eigenvalue weighted by atomic mass is 35.5. The highest BCUT2D eigenvalue weighted by molar-refractivity contribution is 8.27. The first-order valence-corrected chi connectivity index (χ1v) is 12.6. The fraction of sp³-hybridized carbons (Fsp3) is 0.435. The first kappa shape index (κ1) is 23.9. The molecule has 0 unspecified atom stereocenters. The molecule has 10 heteroatoms. The summed E-state index contributed by atoms with van der Waals surface area (Å²) in [6, 6.07) is 5.78. The number of nitrogens with zero attached hydrogens (tertiary/aromatic N) is 2. The second-order valence-corrected chi connectivity index (χ2v) is 12.7. The molecule has 0 radical (unpaired) electrons. The molecule has 2 bridgehead atoms. The molecular weight excluding hydrogens is 467 g/mol. The second kappa shape index (κ2) is 7.66. The van der Waals surface area contributed by atoms with E-state index in [0.29, 0.717) is 35.5 Å². The van der Waals surface area contributed by atoms with E-state index in [-0.39, 0.29) is 17.1 Å². The predicted octanol–water partition coefficient (Wildman–Crippen LogP) is 5.47. The normalized spacial score (nSPS) is 31.5. The van der Waals surface area contributed by atoms with E-state index >= 15 is 4.39 Å². The van der Waals surface area contributed by atoms with Crippen molar-refractivity contribution in [2.75, 3.05) is 5.32 Å². The molecule has 1 aromatic carbocycles. The average molecular weight is 495 g/mol. The van der Waals surface area contributed by atoms with Gasteiger partial charge >= 0.3 is 0 Å². The molecule has 4 rings (SSSR count). The SMILES string of the molecule is Cc1cc(Cl)cnc1C(=O)Nc1ccc(F)c([C@@]2(C)N=C(N)[C@@]3(C)CCC[C@]2(C)S3(O)O)c1. The van der Waals surface area contributed by atoms with Gasteiger partial charge in [0, 0.05) is 17.4 Å². The zero-order valence-corrected chi connectivity index (χ0v) is 20.5. The molecule has 3 atom stereocenters. The molecule has 2 aliphatic heterocycles. The molecule has 0 spiro atoms. The Bertz CT molecular complexity index is 1190. The minimum absolute atomic E-state index is 0.108. The number of benzene rings is 1. The number of aryl methyl sites for hydroxylation is 1. The summed E-state index contributed by atoms with van der Waals surface area (Å²) in [5, 5.41) is 3.16. The predicted molar refractivity (Wildman–Crippen MR) is 131 cm³/mol. The standard InChI is InChI=1S/C23H28ClFN4O3S/c1-13-10-14(24)12-27-18(13)19(30)28-15-6-7-17(25)16(11-15)23(4)22(3)9-5-8-21(2,20(26)29-23)33(22,31)32/h6-7,10-12,31-32H,5,8-9H2,1-4H3,(H2,26,29)(H,28,30)/t21-,22+,23-/m1/s1. The zero-order valence-electron chi connectivity index (χ0n) is 18.9. The largest absolute Gasteiger partial charge is 0.386 e. The van der Waals surface area contributed by atoms with Gasteiger partial charge in [0.2, 0.25) is 0 Å². The number of nitrogens with two attached hydrogens (primary N) is 1. The van der Waals surface area contributed by atoms with Crippen LogP contribution in [0.15, 0.2) is 35.5 Å². The summed E-state index contributed by atoms with van der Waals surface area (Å²) in [7, 11) is -3.31. The molecule has 3 heterocycles. The summed E-state index contributed by atoms with van der Waals surface area (Å²) in [5.41, 5.74) is 6.18. The number of hydrogen-bond acceptors (Lipinski definition) is 6. The summed E-state index contributed by atoms with van der Waals surface area (Å²) >= 11 is 5.92. The van der Waals surface area contributed by atoms with Crippen molar-refractivity contribution < 1.29 is 18.3 Å². The molecular formula is C23H28ClFN4O3S. The van der Waals surface area contributed by atoms with Crippen LogP contribution in [-0.4, -0.2) is 35.3 Å². The highest BCUT2D eigenvalue weighted by Gasteiger charge is 2.67. The maximum Gasteiger partial charge on any atom is 0.274 e. The molecule has 7 nitrogen and oxygen atoms in total. The molecule has 5 N–H and O–H groups in total. The Morgan fingerprint density at radius 2 is 1.94 bits per heavy atom. The first-order chi connectivity index (χ1) is 15.3. The fourth-order valence-corrected chi connectivity index (χ4v) is 8.22. The summed E-state index contributed by atoms with van der Waals surface area (Å²) in [5.74, 6) is -0.935. The third kappa shape index (κ3) is 3.28. The van der Waals surface area contributed by atoms with E-state index in [1.165, 1.54) is 24.4 Å². The molecule has 2 aliphatic rings. The number of rotatable bonds is 3. The van der Waals surface area contributed by atoms with E-state index in [4.69, 9.17) is 17.3 Å². The number of aliphatic imine (C=N–C) groups is 1. The van der Waals surface area contributed by atoms with Crippen molar-refractivity contribution in [2.45, 2.75) is 62.0 Å². The number of aromatic nitrogens is 1. The third-order valence-electron chi connectivity index (χ3n) is 7.49. The Hall–Kier alpha value is -2.20. The molecule has 1 fully saturated rings. The lowest BCUT2D eigenvalue weighted by molar-refractivity contribution is 0.102. The van der Waals surface area contributed by atoms with Crippen LogP contribution in [0.2, 0.25) is 5.02 Å². The Morgan fingerprint density at radius 1 is 1.24 bits per heavy atom. The molecule has 33 heavy (non-hydrogen) atoms. The van der Waals surface area contributed by atoms with Gasteiger partial charge in [0.25, 0.3) is 5.91 Å². The monoisotopic (exact) mass is 494 g/mol. The van der Waals surface area contributed by atoms with Crippen molar-refractivity contribution in [3.8, 4) is 0 Å². The van der Waals surface area contributed by atoms with Crippen molar-refractivity contribution >= 4 is 39.6 Å². The van der Waals surface area contributed by atoms with Crippen LogP contribution in [0.5, 0.6) is 0 Å². The fourth-order valence-electron chi connectivity index (χ4n) is 5.11. The molecule has 1 saturated heterocycles. The molecule has 2 aromatic rings. The number of amidine groups is 1. The van der Waals surface area contributed by atoms with Crippen LogP contribution in [0.4, 0.5) is 10.1 Å². The highest BCUT2D eigenvalue weighted by Crippen LogP contribution is 2.75. The molecule has 0 saturated carbocycles. The van der Waals surface area contributed by atoms with Gasteiger partial charge in [-0.3, -0.25) is 18.9 Å². The zero-order chi connectivity index (χ0) is 24.4. The van der Waals surface area contributed by atoms with E-state index in [1.54, 1.807) is 33.8 Å². The van der Waals surface area contributed by atoms with Gasteiger partial charge in [0.05, 0.1) is 9.77 Å². The van der Waals surface area contributed by atoms with Crippen LogP contribution in [0.1, 0.15) is 61.6 Å². The van der Waals surface area contributed by atoms with Crippen molar-refractivity contribution in [3.63, 3.8) is 0 Å². The molecule has 1 amide bonds. The smallest absolute Gasteiger partial charge is 0.274 e. The van der Waals surface area contributed by atoms with Gasteiger partial charge in [-0.2, -0.15) is 10.6 Å². The number of halogens is 2. The van der Waals surface area contributed by atoms with E-state index in [9.17, 15) is 13.9 Å². The number of carbonyl (C=O) groups is 1. The van der Waals surface area contributed by atoms with Crippen LogP contribution in [-0.2, 0) is 5.54 Å². The van der Waals surface area contributed by atoms with E-state index < -0.39 is 37.3 Å². The van der Waals surface area contributed by atoms with Gasteiger partial charge in [-0.1, -0.05) is 11.6 Å². The first-order valence-electron chi connectivity index (χ1n) is 10.6. The lowest BCUT2D eigenvalue weighted by Crippen LogP contribution is -2.66. The summed E-state index contributed by atoms with van der Waals surface area (Å²) in [6.45, 7) is 6.85. The van der Waals surface area contributed by atoms with Crippen molar-refractivity contribution in [1.82, 2.24) is 4.98 Å². The number of pyridine rings is 1. The Kier molecular flexibility index (Phi) is 5.56. The molecule has 1 aromatic heterocycles. The van der Waals surface area contributed by atoms with Gasteiger partial charge in [-0.25, -0.2) is 9.37 Å². The van der Waals surface area contributed by atoms with Crippen LogP contribution < -0.4 is 11.1 Å². The van der Waals surface area contributed by atoms with Gasteiger partial charge < -0.3 is 11.1 Å². The Labute approximate surface area is 199 Å². The van der Waals surface area contributed by atoms with Crippen LogP contribution in [0, 0.1) is 12.7 Å². The van der Waals surface area contributed by atoms with Crippen molar-refractivity contribution in [3.05, 3.63) is 58.1 Å². The Balaban J connectivity index is 1.79. The van der Waals surface area contributed by atoms with Crippen molar-refractivity contribution in [2.24, 2.45) is 10.7 Å². The van der Waals surface area contributed by atoms with Crippen LogP contribution >= 0.6 is 22.2 Å². The quantitative estimate of drug-likeness (QED) is 0.450. The van der Waals surface area contributed by atoms with Gasteiger partial charge in [0.1, 0.15) is 27.6 Å². The number of fused-ring (bicyclic) bond motifs is 2. The van der Waals surface area contributed by atoms with Gasteiger partial charge in [0.15, 0.2) is 0 Å². The maximum atomic E-state index is 15.2. The van der Waals surface area contributed by atoms with Gasteiger partial charge in [-0.15, -0.1) is 0 Å². The lowest BCUT2D eigenvalue weighted by atomic mass is 9.74. The summed E-state index contributed by atoms with van der Waals surface area (Å²) < 4.78 is 35.9. The van der Waals surface area contributed by atoms with E-state index in [2.05, 4.69) is 15.3 Å². The number of nitrogens with one attached hydrogen (secondary N) is 1. The van der Waals surface area contributed by atoms with Crippen molar-refractivity contribution in [1.29, 1.82) is 0 Å². The average Bonchev–Trinajstić information content (AvgIpc) is 2.72. The maximum absolute atomic E-state index is 15.2. The minimum atomic E-state index is -3.31. The van der Waals surface area contributed by atoms with Crippen LogP contribution in [0.25, 0.3) is 0 Å². The van der Waals surface area contributed by atoms with E-state index in [1.807, 2.05) is 0 Å². The summed E-state index contributed by atoms with van der Waals surface area (Å²) in [6.07, 6.45) is 3.03. The van der Waals surface area contributed by atoms with Gasteiger partial charge in [-0.05, 0) is 76.8 Å². The Morgan fingerprint density at radius 3 is 2.61 bits per heavy atom. The second-order valence-electron chi connectivity index (χ2n) is 9.40. The number of amides is 1. The topological polar surface area (TPSA) is 121 Å². The van der Waals surface area contributed by atoms with Crippen LogP contribution in [0.3, 0.4) is 0 Å². The summed E-state index contributed by atoms with van der Waals surface area (Å²) in [4.78, 5) is 21.6. The number of hydrogen-bond donors (Lipinski definition) is 4.